The Morgan fingerprint density at radius 3 is 2.57 bits per heavy atom. The highest BCUT2D eigenvalue weighted by Gasteiger charge is 2.07. The number of aryl methyl sites for hydroxylation is 1. The zero-order valence-corrected chi connectivity index (χ0v) is 13.4. The topological polar surface area (TPSA) is 61.6 Å². The van der Waals surface area contributed by atoms with Gasteiger partial charge >= 0.3 is 0 Å². The second kappa shape index (κ2) is 6.63. The van der Waals surface area contributed by atoms with Gasteiger partial charge < -0.3 is 15.2 Å². The fourth-order valence-electron chi connectivity index (χ4n) is 1.89. The molecule has 2 rings (SSSR count). The van der Waals surface area contributed by atoms with E-state index in [1.165, 1.54) is 0 Å². The molecule has 0 saturated carbocycles. The first kappa shape index (κ1) is 15.4. The molecule has 0 unspecified atom stereocenters. The minimum absolute atomic E-state index is 0.413. The van der Waals surface area contributed by atoms with Crippen molar-refractivity contribution in [2.24, 2.45) is 5.73 Å². The van der Waals surface area contributed by atoms with Crippen molar-refractivity contribution in [2.45, 2.75) is 13.5 Å². The lowest BCUT2D eigenvalue weighted by molar-refractivity contribution is 0.1000. The van der Waals surface area contributed by atoms with Crippen molar-refractivity contribution in [1.29, 1.82) is 0 Å². The summed E-state index contributed by atoms with van der Waals surface area (Å²) < 4.78 is 11.8. The van der Waals surface area contributed by atoms with Gasteiger partial charge in [0.2, 0.25) is 5.91 Å². The first-order valence-corrected chi connectivity index (χ1v) is 7.16. The maximum Gasteiger partial charge on any atom is 0.248 e. The molecule has 2 aromatic rings. The monoisotopic (exact) mass is 349 g/mol. The summed E-state index contributed by atoms with van der Waals surface area (Å²) in [6.07, 6.45) is 0. The Morgan fingerprint density at radius 2 is 2.00 bits per heavy atom. The lowest BCUT2D eigenvalue weighted by Crippen LogP contribution is -2.11. The molecule has 2 N–H and O–H groups in total. The molecular formula is C16H16BrNO3. The predicted octanol–water partition coefficient (Wildman–Crippen LogP) is 3.44. The van der Waals surface area contributed by atoms with Crippen molar-refractivity contribution in [3.8, 4) is 11.5 Å². The van der Waals surface area contributed by atoms with Gasteiger partial charge in [0.1, 0.15) is 18.1 Å². The molecule has 0 aliphatic heterocycles. The fraction of sp³-hybridized carbons (Fsp3) is 0.188. The van der Waals surface area contributed by atoms with Crippen molar-refractivity contribution in [3.05, 3.63) is 57.6 Å². The first-order chi connectivity index (χ1) is 10.0. The third-order valence-electron chi connectivity index (χ3n) is 3.15. The number of primary amides is 1. The Balaban J connectivity index is 2.11. The minimum Gasteiger partial charge on any atom is -0.497 e. The van der Waals surface area contributed by atoms with Crippen LogP contribution in [0.4, 0.5) is 0 Å². The highest BCUT2D eigenvalue weighted by Crippen LogP contribution is 2.30. The number of ether oxygens (including phenoxy) is 2. The molecule has 0 aliphatic carbocycles. The lowest BCUT2D eigenvalue weighted by Gasteiger charge is -2.11. The molecule has 4 nitrogen and oxygen atoms in total. The molecule has 0 radical (unpaired) electrons. The average molecular weight is 350 g/mol. The molecule has 0 saturated heterocycles. The number of rotatable bonds is 5. The second-order valence-corrected chi connectivity index (χ2v) is 5.44. The van der Waals surface area contributed by atoms with Crippen LogP contribution in [0.25, 0.3) is 0 Å². The number of nitrogens with two attached hydrogens (primary N) is 1. The Morgan fingerprint density at radius 1 is 1.24 bits per heavy atom. The van der Waals surface area contributed by atoms with Crippen molar-refractivity contribution in [3.63, 3.8) is 0 Å². The van der Waals surface area contributed by atoms with Gasteiger partial charge in [-0.3, -0.25) is 4.79 Å². The van der Waals surface area contributed by atoms with Gasteiger partial charge in [0.25, 0.3) is 0 Å². The number of benzene rings is 2. The summed E-state index contributed by atoms with van der Waals surface area (Å²) >= 11 is 3.44. The smallest absolute Gasteiger partial charge is 0.248 e. The number of carbonyl (C=O) groups excluding carboxylic acids is 1. The van der Waals surface area contributed by atoms with Crippen molar-refractivity contribution in [2.75, 3.05) is 7.11 Å². The molecular weight excluding hydrogens is 334 g/mol. The van der Waals surface area contributed by atoms with Gasteiger partial charge in [0.15, 0.2) is 0 Å². The van der Waals surface area contributed by atoms with E-state index in [1.807, 2.05) is 31.2 Å². The maximum absolute atomic E-state index is 11.1. The molecule has 0 atom stereocenters. The van der Waals surface area contributed by atoms with Crippen LogP contribution in [0.3, 0.4) is 0 Å². The number of amides is 1. The van der Waals surface area contributed by atoms with Gasteiger partial charge in [0, 0.05) is 5.56 Å². The molecule has 0 fully saturated rings. The van der Waals surface area contributed by atoms with E-state index in [4.69, 9.17) is 15.2 Å². The number of halogens is 1. The van der Waals surface area contributed by atoms with Crippen molar-refractivity contribution < 1.29 is 14.3 Å². The maximum atomic E-state index is 11.1. The van der Waals surface area contributed by atoms with E-state index in [9.17, 15) is 4.79 Å². The number of carbonyl (C=O) groups is 1. The first-order valence-electron chi connectivity index (χ1n) is 6.37. The highest BCUT2D eigenvalue weighted by molar-refractivity contribution is 9.10. The number of methoxy groups -OCH3 is 1. The normalized spacial score (nSPS) is 10.2. The summed E-state index contributed by atoms with van der Waals surface area (Å²) in [6, 6.07) is 10.9. The summed E-state index contributed by atoms with van der Waals surface area (Å²) in [4.78, 5) is 11.1. The minimum atomic E-state index is -0.427. The Hall–Kier alpha value is -2.01. The largest absolute Gasteiger partial charge is 0.497 e. The summed E-state index contributed by atoms with van der Waals surface area (Å²) in [5.74, 6) is 1.06. The quantitative estimate of drug-likeness (QED) is 0.899. The number of hydrogen-bond acceptors (Lipinski definition) is 3. The third kappa shape index (κ3) is 3.76. The van der Waals surface area contributed by atoms with Gasteiger partial charge in [-0.15, -0.1) is 0 Å². The molecule has 1 amide bonds. The third-order valence-corrected chi connectivity index (χ3v) is 3.77. The fourth-order valence-corrected chi connectivity index (χ4v) is 2.36. The zero-order valence-electron chi connectivity index (χ0n) is 11.9. The van der Waals surface area contributed by atoms with Gasteiger partial charge in [-0.25, -0.2) is 0 Å². The second-order valence-electron chi connectivity index (χ2n) is 4.59. The van der Waals surface area contributed by atoms with E-state index in [0.717, 1.165) is 27.1 Å². The van der Waals surface area contributed by atoms with Crippen LogP contribution >= 0.6 is 15.9 Å². The average Bonchev–Trinajstić information content (AvgIpc) is 2.46. The van der Waals surface area contributed by atoms with E-state index < -0.39 is 5.91 Å². The molecule has 110 valence electrons. The molecule has 5 heteroatoms. The molecule has 21 heavy (non-hydrogen) atoms. The predicted molar refractivity (Wildman–Crippen MR) is 84.7 cm³/mol. The van der Waals surface area contributed by atoms with Gasteiger partial charge in [-0.1, -0.05) is 6.07 Å². The van der Waals surface area contributed by atoms with Crippen LogP contribution in [-0.4, -0.2) is 13.0 Å². The van der Waals surface area contributed by atoms with E-state index in [-0.39, 0.29) is 0 Å². The standard InChI is InChI=1S/C16H16BrNO3/c1-10-7-11(16(18)19)3-4-12(10)9-21-15-6-5-13(20-2)8-14(15)17/h3-8H,9H2,1-2H3,(H2,18,19). The summed E-state index contributed by atoms with van der Waals surface area (Å²) in [5.41, 5.74) is 7.73. The van der Waals surface area contributed by atoms with Crippen LogP contribution in [0.1, 0.15) is 21.5 Å². The van der Waals surface area contributed by atoms with Crippen LogP contribution in [0.2, 0.25) is 0 Å². The Bertz CT molecular complexity index is 671. The van der Waals surface area contributed by atoms with Crippen LogP contribution in [0.15, 0.2) is 40.9 Å². The van der Waals surface area contributed by atoms with E-state index in [0.29, 0.717) is 12.2 Å². The van der Waals surface area contributed by atoms with Gasteiger partial charge in [0.05, 0.1) is 11.6 Å². The zero-order chi connectivity index (χ0) is 15.4. The van der Waals surface area contributed by atoms with Crippen LogP contribution in [0.5, 0.6) is 11.5 Å². The Kier molecular flexibility index (Phi) is 4.85. The van der Waals surface area contributed by atoms with E-state index in [2.05, 4.69) is 15.9 Å². The molecule has 0 bridgehead atoms. The van der Waals surface area contributed by atoms with Crippen LogP contribution in [-0.2, 0) is 6.61 Å². The summed E-state index contributed by atoms with van der Waals surface area (Å²) in [5, 5.41) is 0. The highest BCUT2D eigenvalue weighted by atomic mass is 79.9. The number of hydrogen-bond donors (Lipinski definition) is 1. The van der Waals surface area contributed by atoms with Gasteiger partial charge in [-0.05, 0) is 64.3 Å². The SMILES string of the molecule is COc1ccc(OCc2ccc(C(N)=O)cc2C)c(Br)c1. The molecule has 2 aromatic carbocycles. The van der Waals surface area contributed by atoms with Crippen LogP contribution in [0, 0.1) is 6.92 Å². The van der Waals surface area contributed by atoms with Gasteiger partial charge in [-0.2, -0.15) is 0 Å². The summed E-state index contributed by atoms with van der Waals surface area (Å²) in [7, 11) is 1.62. The molecule has 0 aliphatic rings. The Labute approximate surface area is 132 Å². The van der Waals surface area contributed by atoms with E-state index in [1.54, 1.807) is 19.2 Å². The molecule has 0 spiro atoms. The summed E-state index contributed by atoms with van der Waals surface area (Å²) in [6.45, 7) is 2.34. The van der Waals surface area contributed by atoms with Crippen LogP contribution < -0.4 is 15.2 Å². The van der Waals surface area contributed by atoms with Crippen molar-refractivity contribution >= 4 is 21.8 Å². The lowest BCUT2D eigenvalue weighted by atomic mass is 10.1. The van der Waals surface area contributed by atoms with E-state index >= 15 is 0 Å². The molecule has 0 heterocycles. The van der Waals surface area contributed by atoms with Crippen molar-refractivity contribution in [1.82, 2.24) is 0 Å². The molecule has 0 aromatic heterocycles.